The van der Waals surface area contributed by atoms with Gasteiger partial charge >= 0.3 is 11.7 Å². The van der Waals surface area contributed by atoms with Crippen LogP contribution in [0.25, 0.3) is 39.3 Å². The fourth-order valence-corrected chi connectivity index (χ4v) is 4.54. The third-order valence-corrected chi connectivity index (χ3v) is 6.51. The van der Waals surface area contributed by atoms with E-state index < -0.39 is 17.2 Å². The molecule has 2 aromatic carbocycles. The lowest BCUT2D eigenvalue weighted by molar-refractivity contribution is -0.140. The van der Waals surface area contributed by atoms with Crippen LogP contribution in [0.3, 0.4) is 0 Å². The Bertz CT molecular complexity index is 1810. The number of esters is 1. The van der Waals surface area contributed by atoms with E-state index in [0.717, 1.165) is 26.8 Å². The van der Waals surface area contributed by atoms with Gasteiger partial charge in [0.15, 0.2) is 17.0 Å². The van der Waals surface area contributed by atoms with E-state index in [0.29, 0.717) is 23.8 Å². The predicted molar refractivity (Wildman–Crippen MR) is 145 cm³/mol. The number of H-pyrrole nitrogens is 1. The van der Waals surface area contributed by atoms with E-state index in [9.17, 15) is 14.4 Å². The molecule has 5 rings (SSSR count). The summed E-state index contributed by atoms with van der Waals surface area (Å²) in [5.74, 6) is 0.552. The second-order valence-corrected chi connectivity index (χ2v) is 9.09. The molecule has 0 saturated carbocycles. The maximum absolute atomic E-state index is 13.5. The van der Waals surface area contributed by atoms with Crippen LogP contribution in [-0.2, 0) is 29.7 Å². The number of allylic oxidation sites excluding steroid dienone is 1. The smallest absolute Gasteiger partial charge is 0.332 e. The lowest BCUT2D eigenvalue weighted by Crippen LogP contribution is -2.40. The van der Waals surface area contributed by atoms with E-state index in [1.165, 1.54) is 11.7 Å². The van der Waals surface area contributed by atoms with Crippen LogP contribution in [0, 0.1) is 0 Å². The monoisotopic (exact) mass is 526 g/mol. The fraction of sp³-hybridized carbons (Fsp3) is 0.222. The summed E-state index contributed by atoms with van der Waals surface area (Å²) < 4.78 is 8.79. The Balaban J connectivity index is 1.56. The van der Waals surface area contributed by atoms with E-state index >= 15 is 0 Å². The molecule has 12 heteroatoms. The maximum atomic E-state index is 13.5. The highest BCUT2D eigenvalue weighted by atomic mass is 16.5. The number of aromatic nitrogens is 8. The third kappa shape index (κ3) is 4.67. The summed E-state index contributed by atoms with van der Waals surface area (Å²) in [5, 5.41) is 14.2. The second kappa shape index (κ2) is 10.3. The van der Waals surface area contributed by atoms with E-state index in [2.05, 4.69) is 36.9 Å². The van der Waals surface area contributed by atoms with Crippen molar-refractivity contribution in [1.82, 2.24) is 39.3 Å². The van der Waals surface area contributed by atoms with Crippen LogP contribution >= 0.6 is 0 Å². The molecule has 5 aromatic rings. The van der Waals surface area contributed by atoms with Crippen LogP contribution in [0.5, 0.6) is 0 Å². The number of rotatable bonds is 8. The van der Waals surface area contributed by atoms with Crippen molar-refractivity contribution in [3.8, 4) is 22.5 Å². The highest BCUT2D eigenvalue weighted by molar-refractivity contribution is 5.80. The normalized spacial score (nSPS) is 11.2. The average Bonchev–Trinajstić information content (AvgIpc) is 3.61. The minimum Gasteiger partial charge on any atom is -0.469 e. The van der Waals surface area contributed by atoms with E-state index in [-0.39, 0.29) is 24.1 Å². The number of carbonyl (C=O) groups is 1. The SMILES string of the molecule is C=C(C)c1nc2c(c(=O)n(CCC(=O)OC)c(=O)n2C)n1Cc1ccc(-c2ccccc2-c2nnn[nH]2)cc1. The molecule has 0 aliphatic carbocycles. The quantitative estimate of drug-likeness (QED) is 0.304. The number of imidazole rings is 1. The maximum Gasteiger partial charge on any atom is 0.332 e. The molecule has 0 aliphatic heterocycles. The molecule has 0 saturated heterocycles. The lowest BCUT2D eigenvalue weighted by atomic mass is 9.98. The topological polar surface area (TPSA) is 143 Å². The zero-order valence-corrected chi connectivity index (χ0v) is 21.7. The van der Waals surface area contributed by atoms with Crippen LogP contribution in [-0.4, -0.2) is 52.4 Å². The van der Waals surface area contributed by atoms with Crippen molar-refractivity contribution in [2.75, 3.05) is 7.11 Å². The summed E-state index contributed by atoms with van der Waals surface area (Å²) in [6, 6.07) is 15.7. The average molecular weight is 527 g/mol. The molecule has 0 radical (unpaired) electrons. The van der Waals surface area contributed by atoms with E-state index in [1.54, 1.807) is 18.5 Å². The zero-order chi connectivity index (χ0) is 27.7. The van der Waals surface area contributed by atoms with Crippen molar-refractivity contribution >= 4 is 22.7 Å². The van der Waals surface area contributed by atoms with Crippen molar-refractivity contribution in [3.63, 3.8) is 0 Å². The van der Waals surface area contributed by atoms with Crippen LogP contribution < -0.4 is 11.2 Å². The molecular formula is C27H26N8O4. The molecule has 1 N–H and O–H groups in total. The van der Waals surface area contributed by atoms with Gasteiger partial charge in [0.05, 0.1) is 13.5 Å². The molecule has 0 amide bonds. The first-order chi connectivity index (χ1) is 18.8. The number of benzene rings is 2. The summed E-state index contributed by atoms with van der Waals surface area (Å²) in [4.78, 5) is 42.7. The third-order valence-electron chi connectivity index (χ3n) is 6.51. The molecular weight excluding hydrogens is 500 g/mol. The Kier molecular flexibility index (Phi) is 6.75. The van der Waals surface area contributed by atoms with Gasteiger partial charge in [-0.15, -0.1) is 5.10 Å². The van der Waals surface area contributed by atoms with Gasteiger partial charge in [-0.1, -0.05) is 55.1 Å². The van der Waals surface area contributed by atoms with Crippen molar-refractivity contribution in [2.24, 2.45) is 7.05 Å². The Morgan fingerprint density at radius 3 is 2.41 bits per heavy atom. The number of fused-ring (bicyclic) bond motifs is 1. The zero-order valence-electron chi connectivity index (χ0n) is 21.7. The molecule has 0 bridgehead atoms. The second-order valence-electron chi connectivity index (χ2n) is 9.09. The number of hydrogen-bond acceptors (Lipinski definition) is 8. The first-order valence-corrected chi connectivity index (χ1v) is 12.1. The predicted octanol–water partition coefficient (Wildman–Crippen LogP) is 2.39. The van der Waals surface area contributed by atoms with Crippen LogP contribution in [0.1, 0.15) is 24.7 Å². The first kappa shape index (κ1) is 25.5. The Labute approximate surface area is 222 Å². The fourth-order valence-electron chi connectivity index (χ4n) is 4.54. The van der Waals surface area contributed by atoms with Crippen molar-refractivity contribution in [3.05, 3.63) is 87.3 Å². The van der Waals surface area contributed by atoms with Gasteiger partial charge in [-0.2, -0.15) is 0 Å². The van der Waals surface area contributed by atoms with Gasteiger partial charge in [-0.3, -0.25) is 18.7 Å². The largest absolute Gasteiger partial charge is 0.469 e. The molecule has 0 aliphatic rings. The molecule has 12 nitrogen and oxygen atoms in total. The molecule has 3 aromatic heterocycles. The van der Waals surface area contributed by atoms with E-state index in [4.69, 9.17) is 0 Å². The minimum atomic E-state index is -0.556. The summed E-state index contributed by atoms with van der Waals surface area (Å²) in [6.45, 7) is 6.04. The van der Waals surface area contributed by atoms with Gasteiger partial charge in [-0.25, -0.2) is 14.9 Å². The number of aromatic amines is 1. The molecule has 3 heterocycles. The van der Waals surface area contributed by atoms with Crippen molar-refractivity contribution < 1.29 is 9.53 Å². The molecule has 39 heavy (non-hydrogen) atoms. The van der Waals surface area contributed by atoms with Gasteiger partial charge < -0.3 is 9.30 Å². The number of nitrogens with one attached hydrogen (secondary N) is 1. The van der Waals surface area contributed by atoms with E-state index in [1.807, 2.05) is 48.5 Å². The van der Waals surface area contributed by atoms with Gasteiger partial charge in [0, 0.05) is 25.7 Å². The summed E-state index contributed by atoms with van der Waals surface area (Å²) in [7, 11) is 2.81. The number of hydrogen-bond donors (Lipinski definition) is 1. The number of aryl methyl sites for hydroxylation is 1. The van der Waals surface area contributed by atoms with Crippen LogP contribution in [0.15, 0.2) is 64.7 Å². The number of nitrogens with zero attached hydrogens (tertiary/aromatic N) is 7. The number of carbonyl (C=O) groups excluding carboxylic acids is 1. The number of methoxy groups -OCH3 is 1. The molecule has 0 unspecified atom stereocenters. The number of tetrazole rings is 1. The van der Waals surface area contributed by atoms with Crippen LogP contribution in [0.2, 0.25) is 0 Å². The van der Waals surface area contributed by atoms with Gasteiger partial charge in [0.2, 0.25) is 0 Å². The summed E-state index contributed by atoms with van der Waals surface area (Å²) >= 11 is 0. The Morgan fingerprint density at radius 2 is 1.77 bits per heavy atom. The molecule has 0 fully saturated rings. The van der Waals surface area contributed by atoms with Gasteiger partial charge in [-0.05, 0) is 39.6 Å². The Morgan fingerprint density at radius 1 is 1.05 bits per heavy atom. The highest BCUT2D eigenvalue weighted by Gasteiger charge is 2.21. The minimum absolute atomic E-state index is 0.101. The van der Waals surface area contributed by atoms with Crippen molar-refractivity contribution in [2.45, 2.75) is 26.4 Å². The van der Waals surface area contributed by atoms with Gasteiger partial charge in [0.25, 0.3) is 5.56 Å². The molecule has 198 valence electrons. The van der Waals surface area contributed by atoms with Crippen molar-refractivity contribution in [1.29, 1.82) is 0 Å². The number of ether oxygens (including phenoxy) is 1. The Hall–Kier alpha value is -5.13. The van der Waals surface area contributed by atoms with Crippen LogP contribution in [0.4, 0.5) is 0 Å². The first-order valence-electron chi connectivity index (χ1n) is 12.1. The molecule has 0 atom stereocenters. The highest BCUT2D eigenvalue weighted by Crippen LogP contribution is 2.30. The molecule has 0 spiro atoms. The summed E-state index contributed by atoms with van der Waals surface area (Å²) in [5.41, 5.74) is 3.78. The lowest BCUT2D eigenvalue weighted by Gasteiger charge is -2.12. The van der Waals surface area contributed by atoms with Gasteiger partial charge in [0.1, 0.15) is 5.82 Å². The summed E-state index contributed by atoms with van der Waals surface area (Å²) in [6.07, 6.45) is -0.105. The standard InChI is InChI=1S/C27H26N8O4/c1-16(2)24-28-25-22(26(37)34(27(38)33(25)3)14-13-21(36)39-4)35(24)15-17-9-11-18(12-10-17)19-7-5-6-8-20(19)23-29-31-32-30-23/h5-12H,1,13-15H2,2-4H3,(H,29,30,31,32).